The molecule has 17 heavy (non-hydrogen) atoms. The van der Waals surface area contributed by atoms with Gasteiger partial charge in [-0.15, -0.1) is 0 Å². The van der Waals surface area contributed by atoms with E-state index >= 15 is 0 Å². The highest BCUT2D eigenvalue weighted by Gasteiger charge is 2.04. The molecule has 3 heteroatoms. The van der Waals surface area contributed by atoms with Crippen LogP contribution < -0.4 is 4.74 Å². The third kappa shape index (κ3) is 2.77. The summed E-state index contributed by atoms with van der Waals surface area (Å²) in [6.07, 6.45) is 0. The summed E-state index contributed by atoms with van der Waals surface area (Å²) in [5.74, 6) is 0.391. The Labute approximate surface area is 105 Å². The van der Waals surface area contributed by atoms with E-state index in [9.17, 15) is 4.39 Å². The van der Waals surface area contributed by atoms with Crippen LogP contribution >= 0.6 is 11.6 Å². The predicted molar refractivity (Wildman–Crippen MR) is 68.0 cm³/mol. The van der Waals surface area contributed by atoms with Gasteiger partial charge >= 0.3 is 0 Å². The zero-order valence-corrected chi connectivity index (χ0v) is 10.2. The largest absolute Gasteiger partial charge is 0.494 e. The lowest BCUT2D eigenvalue weighted by molar-refractivity contribution is 0.340. The van der Waals surface area contributed by atoms with Gasteiger partial charge in [-0.25, -0.2) is 4.39 Å². The summed E-state index contributed by atoms with van der Waals surface area (Å²) in [7, 11) is 0. The highest BCUT2D eigenvalue weighted by Crippen LogP contribution is 2.27. The summed E-state index contributed by atoms with van der Waals surface area (Å²) in [5.41, 5.74) is 1.83. The van der Waals surface area contributed by atoms with E-state index in [1.807, 2.05) is 31.2 Å². The van der Waals surface area contributed by atoms with E-state index in [2.05, 4.69) is 0 Å². The molecule has 0 unspecified atom stereocenters. The highest BCUT2D eigenvalue weighted by molar-refractivity contribution is 6.31. The molecule has 0 amide bonds. The highest BCUT2D eigenvalue weighted by atomic mass is 35.5. The molecule has 0 aromatic heterocycles. The van der Waals surface area contributed by atoms with Crippen molar-refractivity contribution in [3.63, 3.8) is 0 Å². The lowest BCUT2D eigenvalue weighted by Crippen LogP contribution is -1.91. The first kappa shape index (κ1) is 11.9. The van der Waals surface area contributed by atoms with Gasteiger partial charge in [0.05, 0.1) is 11.6 Å². The average Bonchev–Trinajstić information content (AvgIpc) is 2.33. The molecule has 0 aliphatic heterocycles. The summed E-state index contributed by atoms with van der Waals surface area (Å²) >= 11 is 5.76. The SMILES string of the molecule is CCOc1cccc(-c2ccc(F)c(Cl)c2)c1. The third-order valence-corrected chi connectivity index (χ3v) is 2.69. The number of hydrogen-bond acceptors (Lipinski definition) is 1. The van der Waals surface area contributed by atoms with Gasteiger partial charge in [0.2, 0.25) is 0 Å². The van der Waals surface area contributed by atoms with Crippen LogP contribution in [0.15, 0.2) is 42.5 Å². The maximum atomic E-state index is 13.1. The van der Waals surface area contributed by atoms with Crippen LogP contribution in [0.1, 0.15) is 6.92 Å². The first-order valence-corrected chi connectivity index (χ1v) is 5.77. The van der Waals surface area contributed by atoms with Gasteiger partial charge in [-0.2, -0.15) is 0 Å². The normalized spacial score (nSPS) is 10.3. The smallest absolute Gasteiger partial charge is 0.141 e. The number of ether oxygens (including phenoxy) is 1. The van der Waals surface area contributed by atoms with Gasteiger partial charge in [-0.1, -0.05) is 29.8 Å². The minimum absolute atomic E-state index is 0.129. The van der Waals surface area contributed by atoms with Crippen molar-refractivity contribution in [1.82, 2.24) is 0 Å². The Hall–Kier alpha value is -1.54. The van der Waals surface area contributed by atoms with Gasteiger partial charge in [0.25, 0.3) is 0 Å². The van der Waals surface area contributed by atoms with E-state index in [1.165, 1.54) is 6.07 Å². The van der Waals surface area contributed by atoms with E-state index in [0.29, 0.717) is 6.61 Å². The lowest BCUT2D eigenvalue weighted by atomic mass is 10.1. The minimum atomic E-state index is -0.406. The van der Waals surface area contributed by atoms with Crippen molar-refractivity contribution in [2.45, 2.75) is 6.92 Å². The molecule has 0 atom stereocenters. The Morgan fingerprint density at radius 2 is 1.88 bits per heavy atom. The van der Waals surface area contributed by atoms with Crippen LogP contribution in [0.3, 0.4) is 0 Å². The molecule has 0 N–H and O–H groups in total. The predicted octanol–water partition coefficient (Wildman–Crippen LogP) is 4.54. The van der Waals surface area contributed by atoms with Crippen LogP contribution in [0.4, 0.5) is 4.39 Å². The molecule has 0 fully saturated rings. The Balaban J connectivity index is 2.38. The third-order valence-electron chi connectivity index (χ3n) is 2.40. The lowest BCUT2D eigenvalue weighted by Gasteiger charge is -2.06. The van der Waals surface area contributed by atoms with Gasteiger partial charge in [0, 0.05) is 0 Å². The number of hydrogen-bond donors (Lipinski definition) is 0. The van der Waals surface area contributed by atoms with Gasteiger partial charge in [0.15, 0.2) is 0 Å². The second-order valence-electron chi connectivity index (χ2n) is 3.59. The van der Waals surface area contributed by atoms with Gasteiger partial charge in [-0.3, -0.25) is 0 Å². The Morgan fingerprint density at radius 1 is 1.12 bits per heavy atom. The fraction of sp³-hybridized carbons (Fsp3) is 0.143. The standard InChI is InChI=1S/C14H12ClFO/c1-2-17-12-5-3-4-10(8-12)11-6-7-14(16)13(15)9-11/h3-9H,2H2,1H3. The van der Waals surface area contributed by atoms with Crippen LogP contribution in [-0.4, -0.2) is 6.61 Å². The second kappa shape index (κ2) is 5.19. The van der Waals surface area contributed by atoms with Crippen LogP contribution in [0.5, 0.6) is 5.75 Å². The monoisotopic (exact) mass is 250 g/mol. The quantitative estimate of drug-likeness (QED) is 0.777. The molecule has 0 aliphatic carbocycles. The summed E-state index contributed by atoms with van der Waals surface area (Å²) < 4.78 is 18.5. The first-order chi connectivity index (χ1) is 8.20. The zero-order valence-electron chi connectivity index (χ0n) is 9.41. The molecule has 0 heterocycles. The zero-order chi connectivity index (χ0) is 12.3. The van der Waals surface area contributed by atoms with Crippen molar-refractivity contribution in [1.29, 1.82) is 0 Å². The van der Waals surface area contributed by atoms with E-state index < -0.39 is 5.82 Å². The van der Waals surface area contributed by atoms with Crippen LogP contribution in [-0.2, 0) is 0 Å². The number of halogens is 2. The maximum absolute atomic E-state index is 13.1. The van der Waals surface area contributed by atoms with Gasteiger partial charge in [0.1, 0.15) is 11.6 Å². The van der Waals surface area contributed by atoms with Crippen molar-refractivity contribution in [2.24, 2.45) is 0 Å². The van der Waals surface area contributed by atoms with Crippen LogP contribution in [0.25, 0.3) is 11.1 Å². The maximum Gasteiger partial charge on any atom is 0.141 e. The molecule has 88 valence electrons. The number of rotatable bonds is 3. The molecule has 0 radical (unpaired) electrons. The average molecular weight is 251 g/mol. The van der Waals surface area contributed by atoms with Crippen LogP contribution in [0, 0.1) is 5.82 Å². The van der Waals surface area contributed by atoms with E-state index in [1.54, 1.807) is 12.1 Å². The Morgan fingerprint density at radius 3 is 2.59 bits per heavy atom. The van der Waals surface area contributed by atoms with Crippen LogP contribution in [0.2, 0.25) is 5.02 Å². The molecule has 2 aromatic rings. The summed E-state index contributed by atoms with van der Waals surface area (Å²) in [6.45, 7) is 2.55. The first-order valence-electron chi connectivity index (χ1n) is 5.39. The van der Waals surface area contributed by atoms with Crippen molar-refractivity contribution >= 4 is 11.6 Å². The fourth-order valence-electron chi connectivity index (χ4n) is 1.61. The molecular weight excluding hydrogens is 239 g/mol. The topological polar surface area (TPSA) is 9.23 Å². The fourth-order valence-corrected chi connectivity index (χ4v) is 1.79. The molecule has 1 nitrogen and oxygen atoms in total. The van der Waals surface area contributed by atoms with E-state index in [4.69, 9.17) is 16.3 Å². The molecule has 2 rings (SSSR count). The van der Waals surface area contributed by atoms with Crippen molar-refractivity contribution in [2.75, 3.05) is 6.61 Å². The molecular formula is C14H12ClFO. The summed E-state index contributed by atoms with van der Waals surface area (Å²) in [6, 6.07) is 12.3. The molecule has 0 saturated carbocycles. The molecule has 0 bridgehead atoms. The molecule has 2 aromatic carbocycles. The Kier molecular flexibility index (Phi) is 3.64. The van der Waals surface area contributed by atoms with Crippen molar-refractivity contribution < 1.29 is 9.13 Å². The van der Waals surface area contributed by atoms with E-state index in [-0.39, 0.29) is 5.02 Å². The molecule has 0 aliphatic rings. The Bertz CT molecular complexity index is 525. The molecule has 0 spiro atoms. The van der Waals surface area contributed by atoms with Crippen molar-refractivity contribution in [3.05, 3.63) is 53.3 Å². The van der Waals surface area contributed by atoms with Gasteiger partial charge < -0.3 is 4.74 Å². The summed E-state index contributed by atoms with van der Waals surface area (Å²) in [4.78, 5) is 0. The van der Waals surface area contributed by atoms with Crippen molar-refractivity contribution in [3.8, 4) is 16.9 Å². The minimum Gasteiger partial charge on any atom is -0.494 e. The number of benzene rings is 2. The summed E-state index contributed by atoms with van der Waals surface area (Å²) in [5, 5.41) is 0.129. The molecule has 0 saturated heterocycles. The van der Waals surface area contributed by atoms with E-state index in [0.717, 1.165) is 16.9 Å². The van der Waals surface area contributed by atoms with Gasteiger partial charge in [-0.05, 0) is 42.3 Å². The second-order valence-corrected chi connectivity index (χ2v) is 4.00.